The third-order valence-electron chi connectivity index (χ3n) is 2.76. The number of nitrogens with two attached hydrogens (primary N) is 1. The van der Waals surface area contributed by atoms with Crippen molar-refractivity contribution in [3.05, 3.63) is 51.4 Å². The van der Waals surface area contributed by atoms with Crippen LogP contribution in [0.15, 0.2) is 55.9 Å². The second kappa shape index (κ2) is 5.38. The molecule has 1 aromatic heterocycles. The summed E-state index contributed by atoms with van der Waals surface area (Å²) in [7, 11) is 0. The minimum atomic E-state index is 0.426. The van der Waals surface area contributed by atoms with Gasteiger partial charge in [-0.2, -0.15) is 4.98 Å². The first-order chi connectivity index (χ1) is 9.65. The fraction of sp³-hybridized carbons (Fsp3) is 0. The molecule has 4 nitrogen and oxygen atoms in total. The molecule has 0 aliphatic heterocycles. The Morgan fingerprint density at radius 3 is 2.50 bits per heavy atom. The minimum Gasteiger partial charge on any atom is -0.399 e. The monoisotopic (exact) mass is 393 g/mol. The van der Waals surface area contributed by atoms with E-state index in [-0.39, 0.29) is 0 Å². The molecule has 0 bridgehead atoms. The molecule has 2 N–H and O–H groups in total. The maximum Gasteiger partial charge on any atom is 0.259 e. The Morgan fingerprint density at radius 2 is 1.70 bits per heavy atom. The zero-order valence-electron chi connectivity index (χ0n) is 10.2. The zero-order valence-corrected chi connectivity index (χ0v) is 13.3. The van der Waals surface area contributed by atoms with Gasteiger partial charge in [-0.1, -0.05) is 33.2 Å². The summed E-state index contributed by atoms with van der Waals surface area (Å²) >= 11 is 6.93. The molecule has 2 aromatic carbocycles. The first kappa shape index (κ1) is 13.3. The Bertz CT molecular complexity index is 771. The van der Waals surface area contributed by atoms with Crippen molar-refractivity contribution >= 4 is 37.5 Å². The highest BCUT2D eigenvalue weighted by molar-refractivity contribution is 9.11. The molecular weight excluding hydrogens is 386 g/mol. The number of rotatable bonds is 2. The molecule has 3 aromatic rings. The van der Waals surface area contributed by atoms with Crippen LogP contribution in [0.1, 0.15) is 0 Å². The van der Waals surface area contributed by atoms with Crippen molar-refractivity contribution in [2.24, 2.45) is 0 Å². The van der Waals surface area contributed by atoms with Gasteiger partial charge in [-0.05, 0) is 46.3 Å². The van der Waals surface area contributed by atoms with Crippen LogP contribution in [-0.2, 0) is 0 Å². The summed E-state index contributed by atoms with van der Waals surface area (Å²) in [6.45, 7) is 0. The van der Waals surface area contributed by atoms with Gasteiger partial charge in [0.15, 0.2) is 0 Å². The Morgan fingerprint density at radius 1 is 0.950 bits per heavy atom. The van der Waals surface area contributed by atoms with E-state index < -0.39 is 0 Å². The maximum absolute atomic E-state index is 5.79. The molecule has 20 heavy (non-hydrogen) atoms. The van der Waals surface area contributed by atoms with E-state index in [2.05, 4.69) is 42.0 Å². The quantitative estimate of drug-likeness (QED) is 0.649. The lowest BCUT2D eigenvalue weighted by atomic mass is 10.2. The van der Waals surface area contributed by atoms with Crippen molar-refractivity contribution in [3.63, 3.8) is 0 Å². The summed E-state index contributed by atoms with van der Waals surface area (Å²) in [5.74, 6) is 0.955. The molecule has 0 saturated heterocycles. The van der Waals surface area contributed by atoms with Crippen LogP contribution >= 0.6 is 31.9 Å². The maximum atomic E-state index is 5.79. The van der Waals surface area contributed by atoms with Crippen molar-refractivity contribution in [2.45, 2.75) is 0 Å². The molecule has 0 aliphatic rings. The van der Waals surface area contributed by atoms with E-state index in [9.17, 15) is 0 Å². The molecule has 3 rings (SSSR count). The second-order valence-corrected chi connectivity index (χ2v) is 5.85. The third kappa shape index (κ3) is 2.48. The van der Waals surface area contributed by atoms with Gasteiger partial charge in [0, 0.05) is 20.2 Å². The van der Waals surface area contributed by atoms with Crippen LogP contribution in [0.25, 0.3) is 22.8 Å². The molecule has 0 radical (unpaired) electrons. The van der Waals surface area contributed by atoms with Crippen LogP contribution in [0.4, 0.5) is 5.69 Å². The number of hydrogen-bond acceptors (Lipinski definition) is 4. The SMILES string of the molecule is Nc1ccc(Br)c(-c2nc(-c3ccccc3Br)no2)c1. The van der Waals surface area contributed by atoms with Gasteiger partial charge in [0.2, 0.25) is 5.82 Å². The van der Waals surface area contributed by atoms with Crippen LogP contribution in [-0.4, -0.2) is 10.1 Å². The topological polar surface area (TPSA) is 64.9 Å². The molecule has 0 fully saturated rings. The van der Waals surface area contributed by atoms with Gasteiger partial charge < -0.3 is 10.3 Å². The summed E-state index contributed by atoms with van der Waals surface area (Å²) in [6, 6.07) is 13.2. The minimum absolute atomic E-state index is 0.426. The lowest BCUT2D eigenvalue weighted by molar-refractivity contribution is 0.432. The lowest BCUT2D eigenvalue weighted by Gasteiger charge is -2.00. The predicted molar refractivity (Wildman–Crippen MR) is 85.0 cm³/mol. The second-order valence-electron chi connectivity index (χ2n) is 4.14. The Balaban J connectivity index is 2.07. The normalized spacial score (nSPS) is 10.7. The standard InChI is InChI=1S/C14H9Br2N3O/c15-11-4-2-1-3-9(11)13-18-14(20-19-13)10-7-8(17)5-6-12(10)16/h1-7H,17H2. The number of anilines is 1. The number of halogens is 2. The van der Waals surface area contributed by atoms with Crippen molar-refractivity contribution in [2.75, 3.05) is 5.73 Å². The first-order valence-electron chi connectivity index (χ1n) is 5.79. The lowest BCUT2D eigenvalue weighted by Crippen LogP contribution is -1.87. The average Bonchev–Trinajstić information content (AvgIpc) is 2.91. The summed E-state index contributed by atoms with van der Waals surface area (Å²) in [6.07, 6.45) is 0. The van der Waals surface area contributed by atoms with Gasteiger partial charge >= 0.3 is 0 Å². The van der Waals surface area contributed by atoms with Crippen molar-refractivity contribution in [1.82, 2.24) is 10.1 Å². The fourth-order valence-electron chi connectivity index (χ4n) is 1.79. The fourth-order valence-corrected chi connectivity index (χ4v) is 2.67. The summed E-state index contributed by atoms with van der Waals surface area (Å²) in [5.41, 5.74) is 8.08. The van der Waals surface area contributed by atoms with E-state index in [1.54, 1.807) is 12.1 Å². The van der Waals surface area contributed by atoms with E-state index in [4.69, 9.17) is 10.3 Å². The molecule has 0 spiro atoms. The average molecular weight is 395 g/mol. The van der Waals surface area contributed by atoms with E-state index >= 15 is 0 Å². The Labute approximate surface area is 132 Å². The molecule has 100 valence electrons. The molecule has 0 atom stereocenters. The van der Waals surface area contributed by atoms with Crippen LogP contribution in [0.5, 0.6) is 0 Å². The van der Waals surface area contributed by atoms with Crippen LogP contribution < -0.4 is 5.73 Å². The molecule has 0 saturated carbocycles. The van der Waals surface area contributed by atoms with Gasteiger partial charge in [0.1, 0.15) is 0 Å². The Hall–Kier alpha value is -1.66. The number of nitrogens with zero attached hydrogens (tertiary/aromatic N) is 2. The number of aromatic nitrogens is 2. The molecule has 1 heterocycles. The highest BCUT2D eigenvalue weighted by Crippen LogP contribution is 2.32. The molecule has 0 amide bonds. The van der Waals surface area contributed by atoms with Gasteiger partial charge in [0.05, 0.1) is 5.56 Å². The van der Waals surface area contributed by atoms with Crippen molar-refractivity contribution in [3.8, 4) is 22.8 Å². The molecule has 0 unspecified atom stereocenters. The summed E-state index contributed by atoms with van der Waals surface area (Å²) in [5, 5.41) is 4.02. The van der Waals surface area contributed by atoms with E-state index in [1.807, 2.05) is 30.3 Å². The largest absolute Gasteiger partial charge is 0.399 e. The number of nitrogen functional groups attached to an aromatic ring is 1. The molecule has 6 heteroatoms. The highest BCUT2D eigenvalue weighted by atomic mass is 79.9. The summed E-state index contributed by atoms with van der Waals surface area (Å²) < 4.78 is 7.10. The molecular formula is C14H9Br2N3O. The predicted octanol–water partition coefficient (Wildman–Crippen LogP) is 4.51. The zero-order chi connectivity index (χ0) is 14.1. The number of benzene rings is 2. The highest BCUT2D eigenvalue weighted by Gasteiger charge is 2.14. The van der Waals surface area contributed by atoms with E-state index in [1.165, 1.54) is 0 Å². The Kier molecular flexibility index (Phi) is 3.58. The van der Waals surface area contributed by atoms with Gasteiger partial charge in [0.25, 0.3) is 5.89 Å². The molecule has 0 aliphatic carbocycles. The van der Waals surface area contributed by atoms with Crippen LogP contribution in [0, 0.1) is 0 Å². The number of hydrogen-bond donors (Lipinski definition) is 1. The van der Waals surface area contributed by atoms with E-state index in [0.29, 0.717) is 17.4 Å². The van der Waals surface area contributed by atoms with Crippen LogP contribution in [0.2, 0.25) is 0 Å². The van der Waals surface area contributed by atoms with Gasteiger partial charge in [-0.3, -0.25) is 0 Å². The van der Waals surface area contributed by atoms with Gasteiger partial charge in [-0.25, -0.2) is 0 Å². The van der Waals surface area contributed by atoms with Crippen LogP contribution in [0.3, 0.4) is 0 Å². The van der Waals surface area contributed by atoms with Crippen molar-refractivity contribution in [1.29, 1.82) is 0 Å². The summed E-state index contributed by atoms with van der Waals surface area (Å²) in [4.78, 5) is 4.42. The van der Waals surface area contributed by atoms with Crippen molar-refractivity contribution < 1.29 is 4.52 Å². The van der Waals surface area contributed by atoms with E-state index in [0.717, 1.165) is 20.1 Å². The van der Waals surface area contributed by atoms with Gasteiger partial charge in [-0.15, -0.1) is 0 Å². The smallest absolute Gasteiger partial charge is 0.259 e. The third-order valence-corrected chi connectivity index (χ3v) is 4.14. The first-order valence-corrected chi connectivity index (χ1v) is 7.38.